The van der Waals surface area contributed by atoms with Gasteiger partial charge in [-0.3, -0.25) is 19.2 Å². The molecule has 0 aromatic heterocycles. The summed E-state index contributed by atoms with van der Waals surface area (Å²) in [6, 6.07) is -4.29. The number of hydrogen-bond acceptors (Lipinski definition) is 20. The lowest BCUT2D eigenvalue weighted by Gasteiger charge is -2.50. The number of unbranched alkanes of at least 4 members (excludes halogenated alkanes) is 2. The number of rotatable bonds is 19. The van der Waals surface area contributed by atoms with Gasteiger partial charge in [-0.15, -0.1) is 0 Å². The molecule has 0 spiro atoms. The number of carbonyl (C=O) groups is 5. The molecule has 0 aliphatic carbocycles. The molecule has 8 unspecified atom stereocenters. The third-order valence-corrected chi connectivity index (χ3v) is 11.1. The molecular weight excluding hydrogens is 846 g/mol. The molecule has 4 aliphatic rings. The molecule has 25 nitrogen and oxygen atoms in total. The Balaban J connectivity index is 1.63. The summed E-state index contributed by atoms with van der Waals surface area (Å²) in [5, 5.41) is 86.7. The van der Waals surface area contributed by atoms with Gasteiger partial charge in [-0.1, -0.05) is 6.42 Å². The predicted molar refractivity (Wildman–Crippen MR) is 209 cm³/mol. The molecule has 63 heavy (non-hydrogen) atoms. The SMILES string of the molecule is CC(=O)N[C@H]1C(O)[C@H](O)C(C)O[C@H]1O[C@H]1C(O)[C@H](O)C(C(=O)O)O[C@H]1OC1[C@H](O)C(C)O[C@@H](OC2[C@@H](O)C(C)O[C@@H](OCCNC(=O)CCCCCN)[C@H]2NC(C)=O)[C@H]1NC(C)=O. The van der Waals surface area contributed by atoms with Crippen molar-refractivity contribution in [2.75, 3.05) is 19.7 Å². The number of nitrogens with one attached hydrogen (secondary N) is 4. The van der Waals surface area contributed by atoms with Gasteiger partial charge in [-0.25, -0.2) is 4.79 Å². The zero-order valence-corrected chi connectivity index (χ0v) is 36.0. The van der Waals surface area contributed by atoms with E-state index in [9.17, 15) is 59.7 Å². The number of amides is 4. The monoisotopic (exact) mass is 911 g/mol. The molecule has 4 saturated heterocycles. The second kappa shape index (κ2) is 23.8. The predicted octanol–water partition coefficient (Wildman–Crippen LogP) is -5.48. The number of aliphatic carboxylic acids is 1. The van der Waals surface area contributed by atoms with E-state index < -0.39 is 146 Å². The maximum atomic E-state index is 12.8. The minimum absolute atomic E-state index is 0.0698. The van der Waals surface area contributed by atoms with Gasteiger partial charge in [0, 0.05) is 33.7 Å². The van der Waals surface area contributed by atoms with Crippen molar-refractivity contribution in [1.29, 1.82) is 0 Å². The molecule has 4 fully saturated rings. The lowest BCUT2D eigenvalue weighted by Crippen LogP contribution is -2.71. The number of aliphatic hydroxyl groups is 6. The first-order valence-corrected chi connectivity index (χ1v) is 21.0. The fourth-order valence-electron chi connectivity index (χ4n) is 7.74. The summed E-state index contributed by atoms with van der Waals surface area (Å²) >= 11 is 0. The van der Waals surface area contributed by atoms with Crippen LogP contribution < -0.4 is 27.0 Å². The average molecular weight is 912 g/mol. The number of hydrogen-bond donors (Lipinski definition) is 12. The van der Waals surface area contributed by atoms with Crippen LogP contribution in [0.2, 0.25) is 0 Å². The van der Waals surface area contributed by atoms with Crippen LogP contribution in [0.3, 0.4) is 0 Å². The Morgan fingerprint density at radius 1 is 0.556 bits per heavy atom. The van der Waals surface area contributed by atoms with E-state index in [1.807, 2.05) is 0 Å². The van der Waals surface area contributed by atoms with Gasteiger partial charge in [0.2, 0.25) is 23.6 Å². The van der Waals surface area contributed by atoms with Crippen LogP contribution in [0.1, 0.15) is 67.2 Å². The number of nitrogens with two attached hydrogens (primary N) is 1. The van der Waals surface area contributed by atoms with Crippen molar-refractivity contribution in [3.05, 3.63) is 0 Å². The van der Waals surface area contributed by atoms with Gasteiger partial charge in [0.1, 0.15) is 73.1 Å². The Morgan fingerprint density at radius 3 is 1.57 bits per heavy atom. The molecule has 0 bridgehead atoms. The highest BCUT2D eigenvalue weighted by molar-refractivity contribution is 5.76. The van der Waals surface area contributed by atoms with Gasteiger partial charge < -0.3 is 101 Å². The molecule has 4 aliphatic heterocycles. The number of carboxylic acid groups (broad SMARTS) is 1. The van der Waals surface area contributed by atoms with E-state index in [0.29, 0.717) is 13.0 Å². The molecule has 4 amide bonds. The molecule has 0 radical (unpaired) electrons. The van der Waals surface area contributed by atoms with E-state index >= 15 is 0 Å². The van der Waals surface area contributed by atoms with Crippen LogP contribution in [0.25, 0.3) is 0 Å². The van der Waals surface area contributed by atoms with Crippen molar-refractivity contribution in [2.45, 2.75) is 190 Å². The fraction of sp³-hybridized carbons (Fsp3) is 0.868. The first-order chi connectivity index (χ1) is 29.7. The Hall–Kier alpha value is -3.25. The zero-order chi connectivity index (χ0) is 46.9. The molecule has 4 heterocycles. The Morgan fingerprint density at radius 2 is 1.03 bits per heavy atom. The van der Waals surface area contributed by atoms with Crippen molar-refractivity contribution >= 4 is 29.6 Å². The Kier molecular flexibility index (Phi) is 19.8. The van der Waals surface area contributed by atoms with Crippen molar-refractivity contribution in [3.63, 3.8) is 0 Å². The Labute approximate surface area is 363 Å². The number of ether oxygens (including phenoxy) is 8. The minimum atomic E-state index is -2.16. The van der Waals surface area contributed by atoms with Crippen LogP contribution in [0.5, 0.6) is 0 Å². The van der Waals surface area contributed by atoms with E-state index in [0.717, 1.165) is 26.7 Å². The fourth-order valence-corrected chi connectivity index (χ4v) is 7.74. The smallest absolute Gasteiger partial charge is 0.335 e. The summed E-state index contributed by atoms with van der Waals surface area (Å²) in [6.45, 7) is 8.19. The van der Waals surface area contributed by atoms with E-state index in [1.54, 1.807) is 0 Å². The second-order valence-corrected chi connectivity index (χ2v) is 16.1. The summed E-state index contributed by atoms with van der Waals surface area (Å²) in [5.74, 6) is -3.94. The van der Waals surface area contributed by atoms with Gasteiger partial charge in [0.05, 0.1) is 24.9 Å². The van der Waals surface area contributed by atoms with Gasteiger partial charge in [0.25, 0.3) is 0 Å². The normalized spacial score (nSPS) is 40.7. The minimum Gasteiger partial charge on any atom is -0.479 e. The summed E-state index contributed by atoms with van der Waals surface area (Å²) in [6.07, 6.45) is -25.3. The highest BCUT2D eigenvalue weighted by Crippen LogP contribution is 2.35. The van der Waals surface area contributed by atoms with Crippen LogP contribution in [0.4, 0.5) is 0 Å². The van der Waals surface area contributed by atoms with Gasteiger partial charge >= 0.3 is 5.97 Å². The number of aliphatic hydroxyl groups excluding tert-OH is 6. The second-order valence-electron chi connectivity index (χ2n) is 16.1. The van der Waals surface area contributed by atoms with Gasteiger partial charge in [-0.2, -0.15) is 0 Å². The first-order valence-electron chi connectivity index (χ1n) is 21.0. The van der Waals surface area contributed by atoms with Crippen molar-refractivity contribution in [1.82, 2.24) is 21.3 Å². The summed E-state index contributed by atoms with van der Waals surface area (Å²) in [5.41, 5.74) is 5.51. The maximum Gasteiger partial charge on any atom is 0.335 e. The van der Waals surface area contributed by atoms with Gasteiger partial charge in [0.15, 0.2) is 31.3 Å². The highest BCUT2D eigenvalue weighted by Gasteiger charge is 2.57. The van der Waals surface area contributed by atoms with Crippen molar-refractivity contribution < 1.29 is 97.6 Å². The van der Waals surface area contributed by atoms with Crippen LogP contribution >= 0.6 is 0 Å². The van der Waals surface area contributed by atoms with Crippen molar-refractivity contribution in [3.8, 4) is 0 Å². The van der Waals surface area contributed by atoms with E-state index in [1.165, 1.54) is 27.7 Å². The quantitative estimate of drug-likeness (QED) is 0.0538. The summed E-state index contributed by atoms with van der Waals surface area (Å²) in [7, 11) is 0. The molecule has 4 rings (SSSR count). The van der Waals surface area contributed by atoms with E-state index in [4.69, 9.17) is 43.6 Å². The van der Waals surface area contributed by atoms with Crippen molar-refractivity contribution in [2.24, 2.45) is 5.73 Å². The summed E-state index contributed by atoms with van der Waals surface area (Å²) in [4.78, 5) is 61.9. The average Bonchev–Trinajstić information content (AvgIpc) is 3.20. The van der Waals surface area contributed by atoms with E-state index in [-0.39, 0.29) is 25.5 Å². The highest BCUT2D eigenvalue weighted by atomic mass is 16.8. The summed E-state index contributed by atoms with van der Waals surface area (Å²) < 4.78 is 47.7. The molecule has 13 N–H and O–H groups in total. The Bertz CT molecular complexity index is 1530. The van der Waals surface area contributed by atoms with Crippen LogP contribution in [0.15, 0.2) is 0 Å². The largest absolute Gasteiger partial charge is 0.479 e. The molecular formula is C38H65N5O20. The third kappa shape index (κ3) is 13.6. The molecule has 25 heteroatoms. The topological polar surface area (TPSA) is 375 Å². The standard InChI is InChI=1S/C38H65N5O20/c1-14-24(48)27(51)21(41-17(4)44)36(58-14)63-33-29(53)28(52)32(34(54)55)62-38(33)61-31-23(43-19(6)46)37(59-16(3)26(31)50)60-30-22(42-18(5)45)35(57-15(2)25(30)49)56-13-12-40-20(47)10-8-7-9-11-39/h14-16,21-33,35-38,48-53H,7-13,39H2,1-6H3,(H,40,47)(H,41,44)(H,42,45)(H,43,46)(H,54,55)/t14?,15?,16?,21-,22-,23-,24+,25-,26+,27?,28-,29?,30?,31?,32?,33-,35+,36-,37-,38+/m0/s1. The van der Waals surface area contributed by atoms with Crippen LogP contribution in [-0.4, -0.2) is 208 Å². The maximum absolute atomic E-state index is 12.8. The van der Waals surface area contributed by atoms with Crippen LogP contribution in [0, 0.1) is 0 Å². The molecule has 0 saturated carbocycles. The lowest BCUT2D eigenvalue weighted by molar-refractivity contribution is -0.372. The number of carbonyl (C=O) groups excluding carboxylic acids is 4. The van der Waals surface area contributed by atoms with E-state index in [2.05, 4.69) is 21.3 Å². The van der Waals surface area contributed by atoms with Crippen LogP contribution in [-0.2, 0) is 61.9 Å². The van der Waals surface area contributed by atoms with Gasteiger partial charge in [-0.05, 0) is 40.2 Å². The molecule has 20 atom stereocenters. The lowest BCUT2D eigenvalue weighted by atomic mass is 9.94. The molecule has 0 aromatic rings. The first kappa shape index (κ1) is 52.4. The zero-order valence-electron chi connectivity index (χ0n) is 36.0. The third-order valence-electron chi connectivity index (χ3n) is 11.1. The molecule has 0 aromatic carbocycles. The molecule has 362 valence electrons. The number of carboxylic acids is 1.